The summed E-state index contributed by atoms with van der Waals surface area (Å²) in [6.07, 6.45) is 2.81. The predicted molar refractivity (Wildman–Crippen MR) is 44.0 cm³/mol. The molecule has 1 rings (SSSR count). The second kappa shape index (κ2) is 5.11. The van der Waals surface area contributed by atoms with E-state index in [4.69, 9.17) is 0 Å². The van der Waals surface area contributed by atoms with Gasteiger partial charge in [0.25, 0.3) is 0 Å². The van der Waals surface area contributed by atoms with Crippen LogP contribution in [-0.2, 0) is 0 Å². The van der Waals surface area contributed by atoms with Gasteiger partial charge in [0.1, 0.15) is 0 Å². The average Bonchev–Trinajstić information content (AvgIpc) is 1.91. The zero-order valence-electron chi connectivity index (χ0n) is 6.11. The highest BCUT2D eigenvalue weighted by Crippen LogP contribution is 1.97. The van der Waals surface area contributed by atoms with E-state index >= 15 is 0 Å². The van der Waals surface area contributed by atoms with Gasteiger partial charge in [-0.3, -0.25) is 0 Å². The molecule has 0 unspecified atom stereocenters. The van der Waals surface area contributed by atoms with Crippen molar-refractivity contribution in [1.82, 2.24) is 0 Å². The van der Waals surface area contributed by atoms with E-state index in [-0.39, 0.29) is 0 Å². The number of aromatic nitrogens is 1. The van der Waals surface area contributed by atoms with Gasteiger partial charge in [-0.1, -0.05) is 13.8 Å². The van der Waals surface area contributed by atoms with Gasteiger partial charge in [0, 0.05) is 6.07 Å². The van der Waals surface area contributed by atoms with Crippen molar-refractivity contribution in [2.24, 2.45) is 0 Å². The van der Waals surface area contributed by atoms with Crippen molar-refractivity contribution in [2.75, 3.05) is 0 Å². The Morgan fingerprint density at radius 1 is 1.50 bits per heavy atom. The molecule has 0 bridgehead atoms. The summed E-state index contributed by atoms with van der Waals surface area (Å²) in [6, 6.07) is 3.40. The molecule has 0 amide bonds. The van der Waals surface area contributed by atoms with Crippen molar-refractivity contribution in [3.05, 3.63) is 29.7 Å². The molecule has 0 saturated heterocycles. The second-order valence-corrected chi connectivity index (χ2v) is 1.94. The van der Waals surface area contributed by atoms with Crippen LogP contribution < -0.4 is 4.73 Å². The first-order valence-corrected chi connectivity index (χ1v) is 3.61. The molecule has 0 aliphatic rings. The Kier molecular flexibility index (Phi) is 4.76. The molecule has 0 fully saturated rings. The highest BCUT2D eigenvalue weighted by atomic mass is 32.1. The number of pyridine rings is 1. The van der Waals surface area contributed by atoms with E-state index in [0.29, 0.717) is 9.63 Å². The summed E-state index contributed by atoms with van der Waals surface area (Å²) >= 11 is 3.93. The van der Waals surface area contributed by atoms with E-state index in [2.05, 4.69) is 12.6 Å². The fourth-order valence-corrected chi connectivity index (χ4v) is 0.643. The monoisotopic (exact) mass is 157 g/mol. The minimum atomic E-state index is 0.683. The molecule has 0 aliphatic carbocycles. The highest BCUT2D eigenvalue weighted by molar-refractivity contribution is 7.80. The first-order valence-electron chi connectivity index (χ1n) is 3.17. The van der Waals surface area contributed by atoms with Crippen LogP contribution in [0.25, 0.3) is 0 Å². The molecule has 0 saturated carbocycles. The zero-order chi connectivity index (χ0) is 7.98. The predicted octanol–water partition coefficient (Wildman–Crippen LogP) is 1.63. The van der Waals surface area contributed by atoms with Gasteiger partial charge in [-0.05, 0) is 6.07 Å². The summed E-state index contributed by atoms with van der Waals surface area (Å²) in [5.41, 5.74) is 0. The lowest BCUT2D eigenvalue weighted by Gasteiger charge is -1.92. The van der Waals surface area contributed by atoms with E-state index in [0.717, 1.165) is 0 Å². The van der Waals surface area contributed by atoms with Crippen molar-refractivity contribution in [1.29, 1.82) is 0 Å². The van der Waals surface area contributed by atoms with Gasteiger partial charge in [-0.2, -0.15) is 4.73 Å². The smallest absolute Gasteiger partial charge is 0.193 e. The van der Waals surface area contributed by atoms with Crippen LogP contribution in [-0.4, -0.2) is 0 Å². The maximum Gasteiger partial charge on any atom is 0.193 e. The summed E-state index contributed by atoms with van der Waals surface area (Å²) in [6.45, 7) is 4.00. The van der Waals surface area contributed by atoms with Gasteiger partial charge in [0.05, 0.1) is 4.90 Å². The third kappa shape index (κ3) is 3.35. The number of thiol groups is 1. The molecular formula is C7H11NOS. The minimum Gasteiger partial charge on any atom is -0.619 e. The van der Waals surface area contributed by atoms with Gasteiger partial charge in [0.2, 0.25) is 0 Å². The fourth-order valence-electron chi connectivity index (χ4n) is 0.443. The molecule has 10 heavy (non-hydrogen) atoms. The van der Waals surface area contributed by atoms with Gasteiger partial charge in [-0.25, -0.2) is 0 Å². The molecule has 1 aromatic rings. The van der Waals surface area contributed by atoms with E-state index < -0.39 is 0 Å². The Labute approximate surface area is 66.5 Å². The summed E-state index contributed by atoms with van der Waals surface area (Å²) in [5, 5.41) is 10.4. The Balaban J connectivity index is 0.000000371. The van der Waals surface area contributed by atoms with Gasteiger partial charge >= 0.3 is 0 Å². The van der Waals surface area contributed by atoms with E-state index in [9.17, 15) is 5.21 Å². The normalized spacial score (nSPS) is 7.90. The van der Waals surface area contributed by atoms with Crippen molar-refractivity contribution in [3.63, 3.8) is 0 Å². The average molecular weight is 157 g/mol. The standard InChI is InChI=1S/C5H5NOS.C2H6/c7-6-3-1-2-5(8)4-6;1-2/h1-4,8H;1-2H3. The van der Waals surface area contributed by atoms with Gasteiger partial charge in [0.15, 0.2) is 12.4 Å². The number of hydrogen-bond donors (Lipinski definition) is 1. The van der Waals surface area contributed by atoms with Crippen molar-refractivity contribution >= 4 is 12.6 Å². The zero-order valence-corrected chi connectivity index (χ0v) is 7.01. The third-order valence-electron chi connectivity index (χ3n) is 0.759. The summed E-state index contributed by atoms with van der Waals surface area (Å²) < 4.78 is 0.711. The first-order chi connectivity index (χ1) is 4.79. The Hall–Kier alpha value is -0.700. The molecule has 2 nitrogen and oxygen atoms in total. The summed E-state index contributed by atoms with van der Waals surface area (Å²) in [7, 11) is 0. The van der Waals surface area contributed by atoms with Crippen molar-refractivity contribution in [2.45, 2.75) is 18.7 Å². The van der Waals surface area contributed by atoms with Crippen LogP contribution in [0.15, 0.2) is 29.4 Å². The molecule has 0 atom stereocenters. The van der Waals surface area contributed by atoms with Gasteiger partial charge < -0.3 is 5.21 Å². The fraction of sp³-hybridized carbons (Fsp3) is 0.286. The van der Waals surface area contributed by atoms with E-state index in [1.165, 1.54) is 12.4 Å². The molecule has 0 aromatic carbocycles. The third-order valence-corrected chi connectivity index (χ3v) is 1.02. The summed E-state index contributed by atoms with van der Waals surface area (Å²) in [4.78, 5) is 0.683. The molecule has 0 N–H and O–H groups in total. The SMILES string of the molecule is CC.[O-][n+]1cccc(S)c1. The topological polar surface area (TPSA) is 26.9 Å². The highest BCUT2D eigenvalue weighted by Gasteiger charge is 1.86. The molecule has 0 spiro atoms. The summed E-state index contributed by atoms with van der Waals surface area (Å²) in [5.74, 6) is 0. The Morgan fingerprint density at radius 3 is 2.40 bits per heavy atom. The molecule has 1 heterocycles. The largest absolute Gasteiger partial charge is 0.619 e. The van der Waals surface area contributed by atoms with Crippen molar-refractivity contribution in [3.8, 4) is 0 Å². The lowest BCUT2D eigenvalue weighted by Crippen LogP contribution is -2.23. The molecule has 56 valence electrons. The Bertz CT molecular complexity index is 173. The van der Waals surface area contributed by atoms with Crippen LogP contribution in [0.5, 0.6) is 0 Å². The number of rotatable bonds is 0. The van der Waals surface area contributed by atoms with Crippen LogP contribution in [0, 0.1) is 5.21 Å². The maximum absolute atomic E-state index is 10.4. The quantitative estimate of drug-likeness (QED) is 0.346. The van der Waals surface area contributed by atoms with Crippen LogP contribution in [0.1, 0.15) is 13.8 Å². The molecule has 0 radical (unpaired) electrons. The second-order valence-electron chi connectivity index (χ2n) is 1.42. The van der Waals surface area contributed by atoms with E-state index in [1.54, 1.807) is 12.1 Å². The molecule has 3 heteroatoms. The maximum atomic E-state index is 10.4. The van der Waals surface area contributed by atoms with Crippen LogP contribution in [0.2, 0.25) is 0 Å². The molecule has 0 aliphatic heterocycles. The minimum absolute atomic E-state index is 0.683. The van der Waals surface area contributed by atoms with Gasteiger partial charge in [-0.15, -0.1) is 12.6 Å². The van der Waals surface area contributed by atoms with Crippen molar-refractivity contribution < 1.29 is 4.73 Å². The van der Waals surface area contributed by atoms with Crippen LogP contribution in [0.4, 0.5) is 0 Å². The molecule has 1 aromatic heterocycles. The number of nitrogens with zero attached hydrogens (tertiary/aromatic N) is 1. The first kappa shape index (κ1) is 9.30. The number of hydrogen-bond acceptors (Lipinski definition) is 2. The van der Waals surface area contributed by atoms with Crippen LogP contribution >= 0.6 is 12.6 Å². The van der Waals surface area contributed by atoms with E-state index in [1.807, 2.05) is 13.8 Å². The molecular weight excluding hydrogens is 146 g/mol. The lowest BCUT2D eigenvalue weighted by molar-refractivity contribution is -0.607. The lowest BCUT2D eigenvalue weighted by atomic mass is 10.5. The van der Waals surface area contributed by atoms with Crippen LogP contribution in [0.3, 0.4) is 0 Å². The Morgan fingerprint density at radius 2 is 2.10 bits per heavy atom.